The lowest BCUT2D eigenvalue weighted by Crippen LogP contribution is -2.85. The number of aliphatic hydroxyl groups excluding tert-OH is 3. The molecular formula is C21H32O7. The molecule has 6 fully saturated rings. The Morgan fingerprint density at radius 2 is 1.93 bits per heavy atom. The van der Waals surface area contributed by atoms with E-state index in [4.69, 9.17) is 9.47 Å². The standard InChI is InChI=1S/C21H32O7/c1-18(2)5-4-13(23)19-9-28-21(26,17(25)15(18)19)20-7-10(6-12(22)14(19)20)11(8-27-3)16(20)24/h10-15,17,22-23,25-26H,4-9H2,1-3H3/t10-,11-,12+,13+,14+,15-,17+,19+,20+,21-/m1/s1. The van der Waals surface area contributed by atoms with Crippen molar-refractivity contribution < 1.29 is 34.7 Å². The molecule has 158 valence electrons. The highest BCUT2D eigenvalue weighted by Crippen LogP contribution is 2.76. The number of aliphatic hydroxyl groups is 4. The van der Waals surface area contributed by atoms with Gasteiger partial charge in [0, 0.05) is 30.3 Å². The number of hydrogen-bond donors (Lipinski definition) is 4. The topological polar surface area (TPSA) is 116 Å². The van der Waals surface area contributed by atoms with Gasteiger partial charge in [-0.05, 0) is 37.0 Å². The summed E-state index contributed by atoms with van der Waals surface area (Å²) in [5, 5.41) is 45.7. The number of methoxy groups -OCH3 is 1. The largest absolute Gasteiger partial charge is 0.393 e. The van der Waals surface area contributed by atoms with E-state index in [-0.39, 0.29) is 30.3 Å². The number of ether oxygens (including phenoxy) is 2. The second-order valence-electron chi connectivity index (χ2n) is 10.7. The Morgan fingerprint density at radius 1 is 1.21 bits per heavy atom. The van der Waals surface area contributed by atoms with Crippen LogP contribution in [0.2, 0.25) is 0 Å². The fourth-order valence-electron chi connectivity index (χ4n) is 8.46. The molecule has 28 heavy (non-hydrogen) atoms. The van der Waals surface area contributed by atoms with Crippen molar-refractivity contribution in [3.63, 3.8) is 0 Å². The van der Waals surface area contributed by atoms with Gasteiger partial charge in [-0.25, -0.2) is 0 Å². The third-order valence-corrected chi connectivity index (χ3v) is 9.32. The van der Waals surface area contributed by atoms with Crippen LogP contribution in [0.15, 0.2) is 0 Å². The van der Waals surface area contributed by atoms with Gasteiger partial charge in [0.2, 0.25) is 5.79 Å². The molecule has 4 saturated carbocycles. The fourth-order valence-corrected chi connectivity index (χ4v) is 8.46. The zero-order valence-corrected chi connectivity index (χ0v) is 16.8. The van der Waals surface area contributed by atoms with E-state index in [0.29, 0.717) is 25.7 Å². The van der Waals surface area contributed by atoms with E-state index in [1.165, 1.54) is 7.11 Å². The molecule has 4 aliphatic carbocycles. The van der Waals surface area contributed by atoms with Crippen LogP contribution in [0.25, 0.3) is 0 Å². The molecule has 0 radical (unpaired) electrons. The Balaban J connectivity index is 1.75. The van der Waals surface area contributed by atoms with Crippen LogP contribution < -0.4 is 0 Å². The second-order valence-corrected chi connectivity index (χ2v) is 10.7. The normalized spacial score (nSPS) is 59.1. The lowest BCUT2D eigenvalue weighted by atomic mass is 9.35. The van der Waals surface area contributed by atoms with Crippen molar-refractivity contribution in [2.75, 3.05) is 20.3 Å². The summed E-state index contributed by atoms with van der Waals surface area (Å²) in [6.45, 7) is 4.34. The van der Waals surface area contributed by atoms with Crippen LogP contribution in [0.3, 0.4) is 0 Å². The average Bonchev–Trinajstić information content (AvgIpc) is 2.83. The van der Waals surface area contributed by atoms with Crippen molar-refractivity contribution in [1.29, 1.82) is 0 Å². The minimum absolute atomic E-state index is 0.0478. The molecule has 0 amide bonds. The highest BCUT2D eigenvalue weighted by Gasteiger charge is 2.86. The van der Waals surface area contributed by atoms with Crippen molar-refractivity contribution in [3.05, 3.63) is 0 Å². The van der Waals surface area contributed by atoms with Gasteiger partial charge >= 0.3 is 0 Å². The van der Waals surface area contributed by atoms with Crippen molar-refractivity contribution in [1.82, 2.24) is 0 Å². The summed E-state index contributed by atoms with van der Waals surface area (Å²) in [6, 6.07) is 0. The molecule has 7 heteroatoms. The van der Waals surface area contributed by atoms with Crippen LogP contribution in [0.1, 0.15) is 39.5 Å². The summed E-state index contributed by atoms with van der Waals surface area (Å²) in [6.07, 6.45) is -0.899. The third kappa shape index (κ3) is 1.82. The molecule has 2 aliphatic heterocycles. The van der Waals surface area contributed by atoms with Gasteiger partial charge in [-0.2, -0.15) is 0 Å². The monoisotopic (exact) mass is 396 g/mol. The van der Waals surface area contributed by atoms with Gasteiger partial charge in [0.15, 0.2) is 5.78 Å². The number of rotatable bonds is 2. The van der Waals surface area contributed by atoms with Crippen molar-refractivity contribution >= 4 is 5.78 Å². The number of Topliss-reactive ketones (excluding diaryl/α,β-unsaturated/α-hetero) is 1. The molecule has 4 N–H and O–H groups in total. The van der Waals surface area contributed by atoms with E-state index < -0.39 is 52.7 Å². The molecule has 0 aromatic heterocycles. The van der Waals surface area contributed by atoms with Crippen LogP contribution in [0.4, 0.5) is 0 Å². The van der Waals surface area contributed by atoms with Crippen LogP contribution in [0.5, 0.6) is 0 Å². The zero-order chi connectivity index (χ0) is 20.3. The van der Waals surface area contributed by atoms with Gasteiger partial charge in [-0.3, -0.25) is 4.79 Å². The molecule has 0 unspecified atom stereocenters. The third-order valence-electron chi connectivity index (χ3n) is 9.32. The Kier molecular flexibility index (Phi) is 3.85. The predicted molar refractivity (Wildman–Crippen MR) is 96.9 cm³/mol. The SMILES string of the molecule is COC[C@H]1C(=O)[C@]23C[C@H]1C[C@H](O)[C@H]2[C@@]12CO[C@]3(O)[C@@H](O)[C@@H]1C(C)(C)CC[C@@H]2O. The number of carbonyl (C=O) groups is 1. The lowest BCUT2D eigenvalue weighted by Gasteiger charge is -2.74. The zero-order valence-electron chi connectivity index (χ0n) is 16.8. The van der Waals surface area contributed by atoms with E-state index in [1.54, 1.807) is 0 Å². The van der Waals surface area contributed by atoms with Crippen LogP contribution in [0, 0.1) is 39.9 Å². The van der Waals surface area contributed by atoms with Crippen LogP contribution in [-0.4, -0.2) is 70.6 Å². The Labute approximate surface area is 165 Å². The molecule has 2 spiro atoms. The molecule has 7 nitrogen and oxygen atoms in total. The summed E-state index contributed by atoms with van der Waals surface area (Å²) in [5.74, 6) is -3.88. The minimum atomic E-state index is -2.04. The van der Waals surface area contributed by atoms with E-state index in [1.807, 2.05) is 13.8 Å². The second kappa shape index (κ2) is 5.56. The number of ketones is 1. The number of carbonyl (C=O) groups excluding carboxylic acids is 1. The summed E-state index contributed by atoms with van der Waals surface area (Å²) in [4.78, 5) is 13.7. The molecule has 2 heterocycles. The maximum atomic E-state index is 13.7. The first-order valence-electron chi connectivity index (χ1n) is 10.5. The van der Waals surface area contributed by atoms with Gasteiger partial charge in [0.25, 0.3) is 0 Å². The highest BCUT2D eigenvalue weighted by molar-refractivity contribution is 5.92. The molecule has 4 bridgehead atoms. The first-order valence-corrected chi connectivity index (χ1v) is 10.5. The number of hydrogen-bond acceptors (Lipinski definition) is 7. The molecule has 2 saturated heterocycles. The number of fused-ring (bicyclic) bond motifs is 2. The van der Waals surface area contributed by atoms with Crippen molar-refractivity contribution in [2.24, 2.45) is 39.9 Å². The smallest absolute Gasteiger partial charge is 0.205 e. The highest BCUT2D eigenvalue weighted by atomic mass is 16.6. The molecule has 6 rings (SSSR count). The molecular weight excluding hydrogens is 364 g/mol. The molecule has 6 aliphatic rings. The van der Waals surface area contributed by atoms with Gasteiger partial charge < -0.3 is 29.9 Å². The maximum absolute atomic E-state index is 13.7. The lowest BCUT2D eigenvalue weighted by molar-refractivity contribution is -0.455. The average molecular weight is 396 g/mol. The van der Waals surface area contributed by atoms with E-state index in [0.717, 1.165) is 0 Å². The summed E-state index contributed by atoms with van der Waals surface area (Å²) in [5.41, 5.74) is -2.71. The van der Waals surface area contributed by atoms with Gasteiger partial charge in [0.05, 0.1) is 30.8 Å². The van der Waals surface area contributed by atoms with E-state index in [9.17, 15) is 25.2 Å². The Morgan fingerprint density at radius 3 is 2.61 bits per heavy atom. The van der Waals surface area contributed by atoms with Gasteiger partial charge in [-0.15, -0.1) is 0 Å². The van der Waals surface area contributed by atoms with Crippen LogP contribution in [-0.2, 0) is 14.3 Å². The first kappa shape index (κ1) is 19.4. The van der Waals surface area contributed by atoms with Gasteiger partial charge in [0.1, 0.15) is 6.10 Å². The molecule has 0 aromatic rings. The molecule has 0 aromatic carbocycles. The quantitative estimate of drug-likeness (QED) is 0.522. The fraction of sp³-hybridized carbons (Fsp3) is 0.952. The summed E-state index contributed by atoms with van der Waals surface area (Å²) < 4.78 is 11.2. The first-order chi connectivity index (χ1) is 13.1. The minimum Gasteiger partial charge on any atom is -0.393 e. The molecule has 10 atom stereocenters. The maximum Gasteiger partial charge on any atom is 0.205 e. The van der Waals surface area contributed by atoms with E-state index in [2.05, 4.69) is 0 Å². The van der Waals surface area contributed by atoms with Crippen molar-refractivity contribution in [2.45, 2.75) is 63.6 Å². The van der Waals surface area contributed by atoms with Crippen molar-refractivity contribution in [3.8, 4) is 0 Å². The Hall–Kier alpha value is -0.570. The summed E-state index contributed by atoms with van der Waals surface area (Å²) >= 11 is 0. The van der Waals surface area contributed by atoms with E-state index >= 15 is 0 Å². The van der Waals surface area contributed by atoms with Crippen LogP contribution >= 0.6 is 0 Å². The Bertz CT molecular complexity index is 709. The van der Waals surface area contributed by atoms with Gasteiger partial charge in [-0.1, -0.05) is 13.8 Å². The summed E-state index contributed by atoms with van der Waals surface area (Å²) in [7, 11) is 1.54. The predicted octanol–water partition coefficient (Wildman–Crippen LogP) is 0.0820.